The second-order valence-electron chi connectivity index (χ2n) is 5.85. The molecule has 0 aliphatic heterocycles. The van der Waals surface area contributed by atoms with Crippen molar-refractivity contribution in [3.63, 3.8) is 0 Å². The highest BCUT2D eigenvalue weighted by Gasteiger charge is 2.32. The standard InChI is InChI=1S/C19H20F5NO4/c1-3-5-6-7-8-25-9-10(18(27)19(28)29-4-2)17(26)11-12(20)14(22)16(24)15(23)13(11)21/h9,26H,3-8H2,1-2H3/b17-10-,25-9?. The number of hydrogen-bond acceptors (Lipinski definition) is 5. The van der Waals surface area contributed by atoms with Gasteiger partial charge >= 0.3 is 5.97 Å². The summed E-state index contributed by atoms with van der Waals surface area (Å²) >= 11 is 0. The van der Waals surface area contributed by atoms with Gasteiger partial charge in [-0.05, 0) is 13.3 Å². The Labute approximate surface area is 163 Å². The molecule has 0 aromatic heterocycles. The summed E-state index contributed by atoms with van der Waals surface area (Å²) in [6.07, 6.45) is 3.88. The lowest BCUT2D eigenvalue weighted by Gasteiger charge is -2.10. The molecule has 1 N–H and O–H groups in total. The number of ketones is 1. The molecule has 0 spiro atoms. The van der Waals surface area contributed by atoms with Crippen LogP contribution in [0.1, 0.15) is 45.1 Å². The van der Waals surface area contributed by atoms with Gasteiger partial charge in [0, 0.05) is 12.8 Å². The first-order valence-corrected chi connectivity index (χ1v) is 8.85. The van der Waals surface area contributed by atoms with Crippen LogP contribution in [0, 0.1) is 29.1 Å². The Morgan fingerprint density at radius 1 is 0.931 bits per heavy atom. The number of aliphatic hydroxyl groups excluding tert-OH is 1. The molecule has 0 radical (unpaired) electrons. The Hall–Kier alpha value is -2.78. The van der Waals surface area contributed by atoms with E-state index in [1.54, 1.807) is 0 Å². The van der Waals surface area contributed by atoms with Gasteiger partial charge in [0.2, 0.25) is 5.82 Å². The fourth-order valence-electron chi connectivity index (χ4n) is 2.27. The smallest absolute Gasteiger partial charge is 0.379 e. The average Bonchev–Trinajstić information content (AvgIpc) is 2.70. The second-order valence-corrected chi connectivity index (χ2v) is 5.85. The highest BCUT2D eigenvalue weighted by Crippen LogP contribution is 2.29. The first-order valence-electron chi connectivity index (χ1n) is 8.85. The van der Waals surface area contributed by atoms with Crippen LogP contribution in [0.2, 0.25) is 0 Å². The van der Waals surface area contributed by atoms with E-state index in [0.29, 0.717) is 12.6 Å². The third-order valence-electron chi connectivity index (χ3n) is 3.77. The summed E-state index contributed by atoms with van der Waals surface area (Å²) in [5, 5.41) is 10.1. The van der Waals surface area contributed by atoms with Gasteiger partial charge in [-0.3, -0.25) is 9.79 Å². The molecular weight excluding hydrogens is 401 g/mol. The zero-order valence-corrected chi connectivity index (χ0v) is 15.8. The van der Waals surface area contributed by atoms with Crippen LogP contribution >= 0.6 is 0 Å². The van der Waals surface area contributed by atoms with E-state index < -0.39 is 57.7 Å². The van der Waals surface area contributed by atoms with Crippen molar-refractivity contribution in [3.05, 3.63) is 40.2 Å². The zero-order valence-electron chi connectivity index (χ0n) is 15.8. The van der Waals surface area contributed by atoms with Gasteiger partial charge < -0.3 is 9.84 Å². The van der Waals surface area contributed by atoms with Gasteiger partial charge in [0.1, 0.15) is 5.76 Å². The minimum Gasteiger partial charge on any atom is -0.506 e. The molecule has 5 nitrogen and oxygen atoms in total. The summed E-state index contributed by atoms with van der Waals surface area (Å²) in [7, 11) is 0. The van der Waals surface area contributed by atoms with Gasteiger partial charge in [-0.2, -0.15) is 0 Å². The molecule has 0 bridgehead atoms. The lowest BCUT2D eigenvalue weighted by atomic mass is 10.0. The van der Waals surface area contributed by atoms with Crippen LogP contribution in [0.15, 0.2) is 10.6 Å². The molecule has 29 heavy (non-hydrogen) atoms. The maximum absolute atomic E-state index is 14.0. The third-order valence-corrected chi connectivity index (χ3v) is 3.77. The summed E-state index contributed by atoms with van der Waals surface area (Å²) in [5.41, 5.74) is -2.80. The fourth-order valence-corrected chi connectivity index (χ4v) is 2.27. The number of rotatable bonds is 10. The van der Waals surface area contributed by atoms with Crippen LogP contribution in [0.5, 0.6) is 0 Å². The maximum atomic E-state index is 14.0. The molecule has 0 aliphatic rings. The number of carbonyl (C=O) groups is 2. The van der Waals surface area contributed by atoms with E-state index >= 15 is 0 Å². The van der Waals surface area contributed by atoms with E-state index in [1.807, 2.05) is 6.92 Å². The molecule has 10 heteroatoms. The Kier molecular flexibility index (Phi) is 9.43. The first kappa shape index (κ1) is 24.3. The molecule has 0 saturated carbocycles. The van der Waals surface area contributed by atoms with Crippen LogP contribution in [-0.2, 0) is 14.3 Å². The number of esters is 1. The van der Waals surface area contributed by atoms with E-state index in [2.05, 4.69) is 9.73 Å². The minimum absolute atomic E-state index is 0.143. The van der Waals surface area contributed by atoms with E-state index in [4.69, 9.17) is 0 Å². The minimum atomic E-state index is -2.43. The lowest BCUT2D eigenvalue weighted by molar-refractivity contribution is -0.151. The number of Topliss-reactive ketones (excluding diaryl/α,β-unsaturated/α-hetero) is 1. The van der Waals surface area contributed by atoms with Crippen molar-refractivity contribution >= 4 is 23.7 Å². The largest absolute Gasteiger partial charge is 0.506 e. The average molecular weight is 421 g/mol. The topological polar surface area (TPSA) is 76.0 Å². The van der Waals surface area contributed by atoms with E-state index in [1.165, 1.54) is 6.92 Å². The molecule has 0 saturated heterocycles. The molecular formula is C19H20F5NO4. The number of ether oxygens (including phenoxy) is 1. The normalized spacial score (nSPS) is 12.2. The Balaban J connectivity index is 3.47. The maximum Gasteiger partial charge on any atom is 0.379 e. The number of nitrogens with zero attached hydrogens (tertiary/aromatic N) is 1. The number of benzene rings is 1. The van der Waals surface area contributed by atoms with Crippen molar-refractivity contribution in [2.45, 2.75) is 39.5 Å². The molecule has 0 atom stereocenters. The van der Waals surface area contributed by atoms with Crippen LogP contribution < -0.4 is 0 Å². The molecule has 0 unspecified atom stereocenters. The molecule has 0 heterocycles. The molecule has 1 aromatic carbocycles. The first-order chi connectivity index (χ1) is 13.7. The van der Waals surface area contributed by atoms with Gasteiger partial charge in [-0.25, -0.2) is 26.7 Å². The number of halogens is 5. The van der Waals surface area contributed by atoms with Crippen molar-refractivity contribution in [1.82, 2.24) is 0 Å². The SMILES string of the molecule is CCCCCCN=C/C(C(=O)C(=O)OCC)=C(/O)c1c(F)c(F)c(F)c(F)c1F. The predicted octanol–water partition coefficient (Wildman–Crippen LogP) is 4.43. The predicted molar refractivity (Wildman–Crippen MR) is 94.9 cm³/mol. The zero-order chi connectivity index (χ0) is 22.1. The second kappa shape index (κ2) is 11.3. The van der Waals surface area contributed by atoms with Crippen LogP contribution in [0.4, 0.5) is 22.0 Å². The number of carbonyl (C=O) groups excluding carboxylic acids is 2. The highest BCUT2D eigenvalue weighted by atomic mass is 19.2. The van der Waals surface area contributed by atoms with Crippen molar-refractivity contribution in [1.29, 1.82) is 0 Å². The van der Waals surface area contributed by atoms with Crippen molar-refractivity contribution < 1.29 is 41.4 Å². The highest BCUT2D eigenvalue weighted by molar-refractivity contribution is 6.47. The van der Waals surface area contributed by atoms with Gasteiger partial charge in [0.05, 0.1) is 17.7 Å². The fraction of sp³-hybridized carbons (Fsp3) is 0.421. The van der Waals surface area contributed by atoms with E-state index in [9.17, 15) is 36.6 Å². The summed E-state index contributed by atoms with van der Waals surface area (Å²) < 4.78 is 72.5. The van der Waals surface area contributed by atoms with Gasteiger partial charge in [-0.1, -0.05) is 26.2 Å². The third kappa shape index (κ3) is 5.85. The molecule has 1 aromatic rings. The summed E-state index contributed by atoms with van der Waals surface area (Å²) in [6, 6.07) is 0. The molecule has 1 rings (SSSR count). The Bertz CT molecular complexity index is 807. The van der Waals surface area contributed by atoms with Crippen LogP contribution in [-0.4, -0.2) is 36.2 Å². The van der Waals surface area contributed by atoms with Crippen molar-refractivity contribution in [2.24, 2.45) is 4.99 Å². The number of unbranched alkanes of at least 4 members (excludes halogenated alkanes) is 3. The molecule has 160 valence electrons. The van der Waals surface area contributed by atoms with Crippen molar-refractivity contribution in [2.75, 3.05) is 13.2 Å². The summed E-state index contributed by atoms with van der Waals surface area (Å²) in [4.78, 5) is 27.7. The summed E-state index contributed by atoms with van der Waals surface area (Å²) in [5.74, 6) is -16.4. The van der Waals surface area contributed by atoms with Crippen LogP contribution in [0.25, 0.3) is 5.76 Å². The molecule has 0 amide bonds. The number of hydrogen-bond donors (Lipinski definition) is 1. The van der Waals surface area contributed by atoms with Crippen LogP contribution in [0.3, 0.4) is 0 Å². The quantitative estimate of drug-likeness (QED) is 0.0698. The van der Waals surface area contributed by atoms with Gasteiger partial charge in [0.15, 0.2) is 23.3 Å². The number of aliphatic imine (C=N–C) groups is 1. The van der Waals surface area contributed by atoms with E-state index in [-0.39, 0.29) is 13.2 Å². The van der Waals surface area contributed by atoms with Crippen molar-refractivity contribution in [3.8, 4) is 0 Å². The Morgan fingerprint density at radius 2 is 1.48 bits per heavy atom. The monoisotopic (exact) mass is 421 g/mol. The molecule has 0 aliphatic carbocycles. The van der Waals surface area contributed by atoms with E-state index in [0.717, 1.165) is 19.3 Å². The van der Waals surface area contributed by atoms with Gasteiger partial charge in [0.25, 0.3) is 5.78 Å². The molecule has 0 fully saturated rings. The van der Waals surface area contributed by atoms with Gasteiger partial charge in [-0.15, -0.1) is 0 Å². The summed E-state index contributed by atoms with van der Waals surface area (Å²) in [6.45, 7) is 3.27. The Morgan fingerprint density at radius 3 is 2.00 bits per heavy atom. The number of aliphatic hydroxyl groups is 1. The lowest BCUT2D eigenvalue weighted by Crippen LogP contribution is -2.22.